The van der Waals surface area contributed by atoms with Gasteiger partial charge < -0.3 is 14.5 Å². The second-order valence-corrected chi connectivity index (χ2v) is 8.98. The van der Waals surface area contributed by atoms with Crippen LogP contribution in [0.3, 0.4) is 0 Å². The van der Waals surface area contributed by atoms with Crippen LogP contribution >= 0.6 is 11.6 Å². The van der Waals surface area contributed by atoms with Gasteiger partial charge in [-0.25, -0.2) is 13.1 Å². The van der Waals surface area contributed by atoms with Gasteiger partial charge in [-0.05, 0) is 31.2 Å². The molecular weight excluding hydrogens is 378 g/mol. The van der Waals surface area contributed by atoms with E-state index in [2.05, 4.69) is 9.62 Å². The third-order valence-electron chi connectivity index (χ3n) is 4.10. The van der Waals surface area contributed by atoms with Gasteiger partial charge in [-0.15, -0.1) is 0 Å². The fourth-order valence-corrected chi connectivity index (χ4v) is 3.95. The molecular formula is C17H26ClN3O4S. The fourth-order valence-electron chi connectivity index (χ4n) is 2.41. The average molecular weight is 404 g/mol. The van der Waals surface area contributed by atoms with Crippen LogP contribution in [0.5, 0.6) is 5.75 Å². The molecule has 0 aliphatic carbocycles. The SMILES string of the molecule is CC(C)CNS(=O)(=O)c1ccc(OCC(=O)N2CCN(C)CC2)c(Cl)c1. The van der Waals surface area contributed by atoms with Crippen LogP contribution in [-0.2, 0) is 14.8 Å². The van der Waals surface area contributed by atoms with E-state index in [0.717, 1.165) is 13.1 Å². The van der Waals surface area contributed by atoms with Gasteiger partial charge >= 0.3 is 0 Å². The Morgan fingerprint density at radius 1 is 1.27 bits per heavy atom. The maximum absolute atomic E-state index is 12.2. The summed E-state index contributed by atoms with van der Waals surface area (Å²) in [6.07, 6.45) is 0. The highest BCUT2D eigenvalue weighted by Crippen LogP contribution is 2.27. The van der Waals surface area contributed by atoms with Crippen molar-refractivity contribution in [2.45, 2.75) is 18.7 Å². The molecule has 1 N–H and O–H groups in total. The fraction of sp³-hybridized carbons (Fsp3) is 0.588. The molecule has 1 aromatic rings. The monoisotopic (exact) mass is 403 g/mol. The smallest absolute Gasteiger partial charge is 0.260 e. The van der Waals surface area contributed by atoms with Gasteiger partial charge in [0.2, 0.25) is 10.0 Å². The topological polar surface area (TPSA) is 78.9 Å². The Labute approximate surface area is 160 Å². The van der Waals surface area contributed by atoms with Gasteiger partial charge in [-0.1, -0.05) is 25.4 Å². The molecule has 2 rings (SSSR count). The van der Waals surface area contributed by atoms with Crippen LogP contribution in [-0.4, -0.2) is 70.5 Å². The molecule has 146 valence electrons. The second kappa shape index (κ2) is 9.03. The highest BCUT2D eigenvalue weighted by molar-refractivity contribution is 7.89. The zero-order valence-electron chi connectivity index (χ0n) is 15.4. The minimum Gasteiger partial charge on any atom is -0.482 e. The van der Waals surface area contributed by atoms with Crippen LogP contribution in [0.25, 0.3) is 0 Å². The van der Waals surface area contributed by atoms with E-state index in [-0.39, 0.29) is 34.1 Å². The molecule has 9 heteroatoms. The number of carbonyl (C=O) groups is 1. The van der Waals surface area contributed by atoms with E-state index >= 15 is 0 Å². The van der Waals surface area contributed by atoms with Crippen molar-refractivity contribution >= 4 is 27.5 Å². The first-order chi connectivity index (χ1) is 12.2. The lowest BCUT2D eigenvalue weighted by molar-refractivity contribution is -0.134. The van der Waals surface area contributed by atoms with Gasteiger partial charge in [0.25, 0.3) is 5.91 Å². The third-order valence-corrected chi connectivity index (χ3v) is 5.82. The molecule has 0 unspecified atom stereocenters. The van der Waals surface area contributed by atoms with Crippen molar-refractivity contribution in [3.63, 3.8) is 0 Å². The van der Waals surface area contributed by atoms with Gasteiger partial charge in [0.05, 0.1) is 9.92 Å². The number of carbonyl (C=O) groups excluding carboxylic acids is 1. The van der Waals surface area contributed by atoms with Gasteiger partial charge in [0.1, 0.15) is 5.75 Å². The highest BCUT2D eigenvalue weighted by Gasteiger charge is 2.20. The molecule has 7 nitrogen and oxygen atoms in total. The summed E-state index contributed by atoms with van der Waals surface area (Å²) in [7, 11) is -1.60. The molecule has 0 radical (unpaired) electrons. The number of likely N-dealkylation sites (N-methyl/N-ethyl adjacent to an activating group) is 1. The summed E-state index contributed by atoms with van der Waals surface area (Å²) in [5.41, 5.74) is 0. The number of piperazine rings is 1. The lowest BCUT2D eigenvalue weighted by atomic mass is 10.2. The minimum atomic E-state index is -3.62. The van der Waals surface area contributed by atoms with Crippen molar-refractivity contribution in [2.75, 3.05) is 46.4 Å². The third kappa shape index (κ3) is 5.84. The zero-order chi connectivity index (χ0) is 19.3. The molecule has 1 aromatic carbocycles. The number of hydrogen-bond acceptors (Lipinski definition) is 5. The standard InChI is InChI=1S/C17H26ClN3O4S/c1-13(2)11-19-26(23,24)14-4-5-16(15(18)10-14)25-12-17(22)21-8-6-20(3)7-9-21/h4-5,10,13,19H,6-9,11-12H2,1-3H3. The number of ether oxygens (including phenoxy) is 1. The molecule has 0 atom stereocenters. The van der Waals surface area contributed by atoms with Crippen LogP contribution < -0.4 is 9.46 Å². The van der Waals surface area contributed by atoms with E-state index in [1.165, 1.54) is 18.2 Å². The maximum atomic E-state index is 12.2. The predicted molar refractivity (Wildman–Crippen MR) is 101 cm³/mol. The molecule has 26 heavy (non-hydrogen) atoms. The number of nitrogens with one attached hydrogen (secondary N) is 1. The molecule has 1 aliphatic rings. The van der Waals surface area contributed by atoms with Gasteiger partial charge in [0.15, 0.2) is 6.61 Å². The first-order valence-electron chi connectivity index (χ1n) is 8.57. The molecule has 0 saturated carbocycles. The van der Waals surface area contributed by atoms with Gasteiger partial charge in [0, 0.05) is 32.7 Å². The summed E-state index contributed by atoms with van der Waals surface area (Å²) in [5, 5.41) is 0.156. The predicted octanol–water partition coefficient (Wildman–Crippen LogP) is 1.43. The van der Waals surface area contributed by atoms with Crippen molar-refractivity contribution in [2.24, 2.45) is 5.92 Å². The lowest BCUT2D eigenvalue weighted by Crippen LogP contribution is -2.48. The van der Waals surface area contributed by atoms with Crippen LogP contribution in [0.1, 0.15) is 13.8 Å². The molecule has 1 aliphatic heterocycles. The number of nitrogens with zero attached hydrogens (tertiary/aromatic N) is 2. The van der Waals surface area contributed by atoms with E-state index in [9.17, 15) is 13.2 Å². The number of sulfonamides is 1. The Kier molecular flexibility index (Phi) is 7.28. The Bertz CT molecular complexity index is 732. The normalized spacial score (nSPS) is 16.1. The summed E-state index contributed by atoms with van der Waals surface area (Å²) in [6.45, 7) is 7.08. The lowest BCUT2D eigenvalue weighted by Gasteiger charge is -2.32. The van der Waals surface area contributed by atoms with E-state index in [4.69, 9.17) is 16.3 Å². The zero-order valence-corrected chi connectivity index (χ0v) is 16.9. The van der Waals surface area contributed by atoms with Crippen LogP contribution in [0.2, 0.25) is 5.02 Å². The summed E-state index contributed by atoms with van der Waals surface area (Å²) >= 11 is 6.14. The highest BCUT2D eigenvalue weighted by atomic mass is 35.5. The Morgan fingerprint density at radius 3 is 2.50 bits per heavy atom. The number of halogens is 1. The first kappa shape index (κ1) is 21.0. The van der Waals surface area contributed by atoms with Gasteiger partial charge in [-0.2, -0.15) is 0 Å². The first-order valence-corrected chi connectivity index (χ1v) is 10.4. The average Bonchev–Trinajstić information content (AvgIpc) is 2.59. The number of benzene rings is 1. The molecule has 1 amide bonds. The van der Waals surface area contributed by atoms with Gasteiger partial charge in [-0.3, -0.25) is 4.79 Å². The van der Waals surface area contributed by atoms with Crippen molar-refractivity contribution < 1.29 is 17.9 Å². The molecule has 1 saturated heterocycles. The number of hydrogen-bond donors (Lipinski definition) is 1. The summed E-state index contributed by atoms with van der Waals surface area (Å²) in [6, 6.07) is 4.23. The second-order valence-electron chi connectivity index (χ2n) is 6.81. The number of rotatable bonds is 7. The van der Waals surface area contributed by atoms with Crippen molar-refractivity contribution in [1.29, 1.82) is 0 Å². The largest absolute Gasteiger partial charge is 0.482 e. The van der Waals surface area contributed by atoms with E-state index in [1.54, 1.807) is 4.90 Å². The van der Waals surface area contributed by atoms with Crippen molar-refractivity contribution in [3.8, 4) is 5.75 Å². The Balaban J connectivity index is 1.96. The quantitative estimate of drug-likeness (QED) is 0.745. The molecule has 1 fully saturated rings. The Morgan fingerprint density at radius 2 is 1.92 bits per heavy atom. The Hall–Kier alpha value is -1.35. The molecule has 1 heterocycles. The van der Waals surface area contributed by atoms with Crippen LogP contribution in [0, 0.1) is 5.92 Å². The molecule has 0 spiro atoms. The van der Waals surface area contributed by atoms with Crippen LogP contribution in [0.15, 0.2) is 23.1 Å². The summed E-state index contributed by atoms with van der Waals surface area (Å²) in [4.78, 5) is 16.2. The summed E-state index contributed by atoms with van der Waals surface area (Å²) in [5.74, 6) is 0.379. The minimum absolute atomic E-state index is 0.0703. The van der Waals surface area contributed by atoms with Crippen LogP contribution in [0.4, 0.5) is 0 Å². The van der Waals surface area contributed by atoms with E-state index in [0.29, 0.717) is 19.6 Å². The summed E-state index contributed by atoms with van der Waals surface area (Å²) < 4.78 is 32.5. The van der Waals surface area contributed by atoms with E-state index in [1.807, 2.05) is 20.9 Å². The van der Waals surface area contributed by atoms with Crippen molar-refractivity contribution in [1.82, 2.24) is 14.5 Å². The molecule has 0 aromatic heterocycles. The van der Waals surface area contributed by atoms with E-state index < -0.39 is 10.0 Å². The number of amides is 1. The maximum Gasteiger partial charge on any atom is 0.260 e. The molecule has 0 bridgehead atoms. The van der Waals surface area contributed by atoms with Crippen molar-refractivity contribution in [3.05, 3.63) is 23.2 Å².